The molecule has 0 amide bonds. The standard InChI is InChI=1S/C42H57N3O12S4/c1-40(2,3)39(46)30-43(8)60(49,50)31-20-22-35-33(28-31)41(4,5)37(44(35)24-14-16-26-58-56-54-47)18-12-10-9-11-13-19-38-42(6,7)34-29-32(61(51,52)53)21-23-36(34)45(38)25-15-17-27-59-57-55-48/h9-13,18-23,28-29H,14-17,24-27,30H2,1-8H3,(H2-,47,48,51,52,53)/p+1. The molecule has 0 saturated heterocycles. The third kappa shape index (κ3) is 12.5. The van der Waals surface area contributed by atoms with E-state index in [0.29, 0.717) is 24.6 Å². The van der Waals surface area contributed by atoms with Gasteiger partial charge in [0.2, 0.25) is 15.7 Å². The summed E-state index contributed by atoms with van der Waals surface area (Å²) in [6.07, 6.45) is 16.6. The summed E-state index contributed by atoms with van der Waals surface area (Å²) in [5.74, 6) is 0.985. The van der Waals surface area contributed by atoms with Crippen molar-refractivity contribution in [2.75, 3.05) is 43.1 Å². The number of Topliss-reactive ketones (excluding diaryl/α,β-unsaturated/α-hetero) is 1. The Balaban J connectivity index is 1.60. The Morgan fingerprint density at radius 2 is 1.41 bits per heavy atom. The molecule has 0 saturated carbocycles. The number of allylic oxidation sites excluding steroid dienone is 8. The molecule has 15 nitrogen and oxygen atoms in total. The van der Waals surface area contributed by atoms with E-state index in [1.807, 2.05) is 62.4 Å². The van der Waals surface area contributed by atoms with Crippen LogP contribution in [-0.4, -0.2) is 90.5 Å². The molecule has 0 spiro atoms. The highest BCUT2D eigenvalue weighted by molar-refractivity contribution is 7.94. The lowest BCUT2D eigenvalue weighted by Crippen LogP contribution is -2.37. The highest BCUT2D eigenvalue weighted by Gasteiger charge is 2.45. The lowest BCUT2D eigenvalue weighted by atomic mass is 9.81. The number of sulfonamides is 1. The molecule has 336 valence electrons. The number of carbonyl (C=O) groups is 1. The SMILES string of the molecule is CN(CC(=O)C(C)(C)C)S(=O)(=O)c1ccc2c(c1)C(C)(C)C(/C=C/C=C/C=C/C=C1/N(CCCCSOOO)c3ccc(S(=O)(=O)O)cc3C1(C)C)=[N+]2CCCCSOOO. The zero-order valence-corrected chi connectivity index (χ0v) is 39.1. The molecule has 19 heteroatoms. The Labute approximate surface area is 368 Å². The van der Waals surface area contributed by atoms with E-state index in [4.69, 9.17) is 10.5 Å². The van der Waals surface area contributed by atoms with Crippen molar-refractivity contribution in [3.05, 3.63) is 95.8 Å². The van der Waals surface area contributed by atoms with Crippen LogP contribution in [0.5, 0.6) is 0 Å². The number of anilines is 1. The summed E-state index contributed by atoms with van der Waals surface area (Å²) in [7, 11) is -6.95. The van der Waals surface area contributed by atoms with Crippen LogP contribution in [0.25, 0.3) is 0 Å². The third-order valence-electron chi connectivity index (χ3n) is 10.8. The minimum absolute atomic E-state index is 0.109. The van der Waals surface area contributed by atoms with Crippen molar-refractivity contribution in [1.82, 2.24) is 4.31 Å². The summed E-state index contributed by atoms with van der Waals surface area (Å²) in [6.45, 7) is 14.4. The van der Waals surface area contributed by atoms with E-state index in [1.54, 1.807) is 39.0 Å². The summed E-state index contributed by atoms with van der Waals surface area (Å²) in [5.41, 5.74) is 3.38. The topological polar surface area (TPSA) is 192 Å². The van der Waals surface area contributed by atoms with E-state index in [1.165, 1.54) is 19.2 Å². The van der Waals surface area contributed by atoms with Gasteiger partial charge in [0.15, 0.2) is 11.5 Å². The number of carbonyl (C=O) groups excluding carboxylic acids is 1. The van der Waals surface area contributed by atoms with Gasteiger partial charge < -0.3 is 4.90 Å². The maximum atomic E-state index is 13.7. The van der Waals surface area contributed by atoms with Crippen LogP contribution in [0, 0.1) is 5.41 Å². The fourth-order valence-corrected chi connectivity index (χ4v) is 9.80. The average Bonchev–Trinajstić information content (AvgIpc) is 3.53. The highest BCUT2D eigenvalue weighted by atomic mass is 32.2. The van der Waals surface area contributed by atoms with E-state index in [-0.39, 0.29) is 22.1 Å². The average molecular weight is 925 g/mol. The molecule has 0 bridgehead atoms. The van der Waals surface area contributed by atoms with Crippen molar-refractivity contribution in [2.45, 2.75) is 94.8 Å². The van der Waals surface area contributed by atoms with Crippen molar-refractivity contribution in [3.8, 4) is 0 Å². The number of ketones is 1. The molecule has 2 aliphatic rings. The van der Waals surface area contributed by atoms with Crippen molar-refractivity contribution in [3.63, 3.8) is 0 Å². The smallest absolute Gasteiger partial charge is 0.294 e. The number of nitrogens with zero attached hydrogens (tertiary/aromatic N) is 3. The number of hydrogen-bond acceptors (Lipinski definition) is 14. The molecule has 0 aliphatic carbocycles. The van der Waals surface area contributed by atoms with E-state index in [2.05, 4.69) is 42.1 Å². The third-order valence-corrected chi connectivity index (χ3v) is 14.6. The summed E-state index contributed by atoms with van der Waals surface area (Å²) in [5, 5.41) is 24.2. The molecule has 0 fully saturated rings. The Bertz CT molecular complexity index is 2260. The Kier molecular flexibility index (Phi) is 17.8. The fourth-order valence-electron chi connectivity index (χ4n) is 7.27. The predicted octanol–water partition coefficient (Wildman–Crippen LogP) is 8.59. The van der Waals surface area contributed by atoms with Crippen LogP contribution in [0.2, 0.25) is 0 Å². The van der Waals surface area contributed by atoms with Gasteiger partial charge in [0.1, 0.15) is 6.54 Å². The van der Waals surface area contributed by atoms with Crippen molar-refractivity contribution >= 4 is 67.1 Å². The van der Waals surface area contributed by atoms with Crippen molar-refractivity contribution in [2.24, 2.45) is 5.41 Å². The molecule has 0 radical (unpaired) electrons. The lowest BCUT2D eigenvalue weighted by molar-refractivity contribution is -0.438. The monoisotopic (exact) mass is 924 g/mol. The van der Waals surface area contributed by atoms with Crippen LogP contribution in [0.3, 0.4) is 0 Å². The van der Waals surface area contributed by atoms with E-state index >= 15 is 0 Å². The number of likely N-dealkylation sites (N-methyl/N-ethyl adjacent to an activating group) is 1. The van der Waals surface area contributed by atoms with Gasteiger partial charge in [-0.05, 0) is 75.1 Å². The molecular formula is C42H58N3O12S4+. The maximum absolute atomic E-state index is 13.7. The summed E-state index contributed by atoms with van der Waals surface area (Å²) >= 11 is 1.98. The van der Waals surface area contributed by atoms with E-state index in [0.717, 1.165) is 88.0 Å². The zero-order chi connectivity index (χ0) is 45.2. The summed E-state index contributed by atoms with van der Waals surface area (Å²) < 4.78 is 73.6. The van der Waals surface area contributed by atoms with Gasteiger partial charge in [-0.3, -0.25) is 9.35 Å². The number of rotatable bonds is 23. The van der Waals surface area contributed by atoms with Gasteiger partial charge in [-0.15, -0.1) is 8.67 Å². The first-order chi connectivity index (χ1) is 28.6. The first-order valence-electron chi connectivity index (χ1n) is 19.7. The quantitative estimate of drug-likeness (QED) is 0.0182. The van der Waals surface area contributed by atoms with Gasteiger partial charge in [-0.1, -0.05) is 75.1 Å². The van der Waals surface area contributed by atoms with Gasteiger partial charge in [0.25, 0.3) is 10.1 Å². The highest BCUT2D eigenvalue weighted by Crippen LogP contribution is 2.48. The van der Waals surface area contributed by atoms with Crippen molar-refractivity contribution < 1.29 is 60.0 Å². The van der Waals surface area contributed by atoms with E-state index < -0.39 is 36.4 Å². The Morgan fingerprint density at radius 3 is 2.03 bits per heavy atom. The van der Waals surface area contributed by atoms with Crippen LogP contribution in [0.1, 0.15) is 85.3 Å². The second-order valence-corrected chi connectivity index (χ2v) is 21.8. The molecule has 0 atom stereocenters. The van der Waals surface area contributed by atoms with Crippen molar-refractivity contribution in [1.29, 1.82) is 0 Å². The van der Waals surface area contributed by atoms with Gasteiger partial charge in [0.05, 0.1) is 21.8 Å². The molecule has 2 aliphatic heterocycles. The molecule has 0 aromatic heterocycles. The summed E-state index contributed by atoms with van der Waals surface area (Å²) in [6, 6.07) is 9.75. The van der Waals surface area contributed by atoms with Gasteiger partial charge in [-0.25, -0.2) is 18.9 Å². The molecule has 0 unspecified atom stereocenters. The Morgan fingerprint density at radius 1 is 0.820 bits per heavy atom. The van der Waals surface area contributed by atoms with E-state index in [9.17, 15) is 26.2 Å². The van der Waals surface area contributed by atoms with Crippen LogP contribution < -0.4 is 4.90 Å². The molecule has 2 heterocycles. The maximum Gasteiger partial charge on any atom is 0.294 e. The minimum atomic E-state index is -4.40. The van der Waals surface area contributed by atoms with Gasteiger partial charge in [0, 0.05) is 95.5 Å². The molecular weight excluding hydrogens is 867 g/mol. The molecule has 2 aromatic rings. The molecule has 4 rings (SSSR count). The number of hydrogen-bond donors (Lipinski definition) is 3. The molecule has 3 N–H and O–H groups in total. The zero-order valence-electron chi connectivity index (χ0n) is 35.9. The molecule has 2 aromatic carbocycles. The number of unbranched alkanes of at least 4 members (excludes halogenated alkanes) is 2. The van der Waals surface area contributed by atoms with Crippen LogP contribution in [-0.2, 0) is 54.5 Å². The minimum Gasteiger partial charge on any atom is -0.344 e. The van der Waals surface area contributed by atoms with Gasteiger partial charge >= 0.3 is 0 Å². The number of benzene rings is 2. The Hall–Kier alpha value is -3.18. The first-order valence-corrected chi connectivity index (χ1v) is 24.4. The van der Waals surface area contributed by atoms with Crippen LogP contribution in [0.15, 0.2) is 94.4 Å². The predicted molar refractivity (Wildman–Crippen MR) is 239 cm³/mol. The van der Waals surface area contributed by atoms with Crippen LogP contribution >= 0.6 is 24.1 Å². The molecule has 61 heavy (non-hydrogen) atoms. The normalized spacial score (nSPS) is 17.2. The second kappa shape index (κ2) is 21.5. The van der Waals surface area contributed by atoms with Crippen LogP contribution in [0.4, 0.5) is 11.4 Å². The lowest BCUT2D eigenvalue weighted by Gasteiger charge is -2.27. The van der Waals surface area contributed by atoms with Gasteiger partial charge in [-0.2, -0.15) is 17.3 Å². The largest absolute Gasteiger partial charge is 0.344 e. The fraction of sp³-hybridized carbons (Fsp3) is 0.476. The second-order valence-electron chi connectivity index (χ2n) is 16.7. The summed E-state index contributed by atoms with van der Waals surface area (Å²) in [4.78, 5) is 14.8. The first kappa shape index (κ1) is 50.5. The number of fused-ring (bicyclic) bond motifs is 2.